The summed E-state index contributed by atoms with van der Waals surface area (Å²) in [5.41, 5.74) is 1.38. The predicted molar refractivity (Wildman–Crippen MR) is 82.1 cm³/mol. The zero-order valence-corrected chi connectivity index (χ0v) is 13.0. The third kappa shape index (κ3) is 1.74. The van der Waals surface area contributed by atoms with Crippen molar-refractivity contribution in [2.45, 2.75) is 58.3 Å². The third-order valence-corrected chi connectivity index (χ3v) is 7.26. The average molecular weight is 289 g/mol. The summed E-state index contributed by atoms with van der Waals surface area (Å²) in [5, 5.41) is 23.5. The van der Waals surface area contributed by atoms with Gasteiger partial charge in [-0.3, -0.25) is 0 Å². The Bertz CT molecular complexity index is 513. The van der Waals surface area contributed by atoms with Gasteiger partial charge in [0.25, 0.3) is 0 Å². The van der Waals surface area contributed by atoms with Crippen LogP contribution in [0.4, 0.5) is 0 Å². The molecule has 4 aliphatic rings. The van der Waals surface area contributed by atoms with Gasteiger partial charge in [0, 0.05) is 11.1 Å². The van der Waals surface area contributed by atoms with E-state index in [0.29, 0.717) is 17.8 Å². The van der Waals surface area contributed by atoms with Gasteiger partial charge in [-0.2, -0.15) is 0 Å². The minimum atomic E-state index is -0.539. The van der Waals surface area contributed by atoms with Crippen molar-refractivity contribution >= 4 is 0 Å². The molecule has 0 radical (unpaired) electrons. The van der Waals surface area contributed by atoms with Gasteiger partial charge in [-0.15, -0.1) is 0 Å². The second-order valence-electron chi connectivity index (χ2n) is 8.10. The first-order valence-electron chi connectivity index (χ1n) is 8.48. The first-order valence-corrected chi connectivity index (χ1v) is 8.48. The molecule has 2 saturated carbocycles. The standard InChI is InChI=1S/C18H27NO2/c1-17-10-8-16(21)19-14(17)5-3-11-12-4-6-15(20)18(12,2)9-7-13(11)17/h5,8,10-13,15-16,19-21H,3-4,6-7,9H2,1-2H3/t11-,12-,13-,15-,16-,17+,18-/m0/s1. The minimum Gasteiger partial charge on any atom is -0.393 e. The van der Waals surface area contributed by atoms with Gasteiger partial charge in [0.05, 0.1) is 6.10 Å². The molecule has 3 heteroatoms. The van der Waals surface area contributed by atoms with Gasteiger partial charge in [-0.25, -0.2) is 0 Å². The normalized spacial score (nSPS) is 55.0. The molecule has 7 atom stereocenters. The fourth-order valence-corrected chi connectivity index (χ4v) is 5.93. The van der Waals surface area contributed by atoms with Crippen LogP contribution in [0.5, 0.6) is 0 Å². The molecule has 116 valence electrons. The Balaban J connectivity index is 1.71. The largest absolute Gasteiger partial charge is 0.393 e. The van der Waals surface area contributed by atoms with Crippen molar-refractivity contribution in [1.29, 1.82) is 0 Å². The molecule has 1 aliphatic heterocycles. The Morgan fingerprint density at radius 2 is 1.95 bits per heavy atom. The van der Waals surface area contributed by atoms with E-state index in [2.05, 4.69) is 31.3 Å². The van der Waals surface area contributed by atoms with Gasteiger partial charge in [0.1, 0.15) is 6.23 Å². The Morgan fingerprint density at radius 1 is 1.14 bits per heavy atom. The summed E-state index contributed by atoms with van der Waals surface area (Å²) < 4.78 is 0. The molecule has 0 aromatic rings. The summed E-state index contributed by atoms with van der Waals surface area (Å²) in [4.78, 5) is 0. The molecule has 21 heavy (non-hydrogen) atoms. The fourth-order valence-electron chi connectivity index (χ4n) is 5.93. The number of nitrogens with one attached hydrogen (secondary N) is 1. The molecule has 0 saturated heterocycles. The van der Waals surface area contributed by atoms with E-state index >= 15 is 0 Å². The molecule has 0 amide bonds. The molecular formula is C18H27NO2. The lowest BCUT2D eigenvalue weighted by Gasteiger charge is -2.56. The van der Waals surface area contributed by atoms with E-state index in [4.69, 9.17) is 0 Å². The summed E-state index contributed by atoms with van der Waals surface area (Å²) in [5.74, 6) is 1.97. The lowest BCUT2D eigenvalue weighted by atomic mass is 9.50. The van der Waals surface area contributed by atoms with Crippen LogP contribution in [0.1, 0.15) is 46.0 Å². The van der Waals surface area contributed by atoms with E-state index in [1.54, 1.807) is 0 Å². The molecule has 0 aromatic carbocycles. The Hall–Kier alpha value is -0.800. The first-order chi connectivity index (χ1) is 9.95. The summed E-state index contributed by atoms with van der Waals surface area (Å²) in [6, 6.07) is 0. The number of fused-ring (bicyclic) bond motifs is 5. The van der Waals surface area contributed by atoms with Crippen molar-refractivity contribution in [2.24, 2.45) is 28.6 Å². The maximum absolute atomic E-state index is 10.4. The van der Waals surface area contributed by atoms with Crippen LogP contribution in [0.2, 0.25) is 0 Å². The van der Waals surface area contributed by atoms with E-state index in [1.165, 1.54) is 18.5 Å². The highest BCUT2D eigenvalue weighted by Crippen LogP contribution is 2.62. The van der Waals surface area contributed by atoms with E-state index < -0.39 is 6.23 Å². The van der Waals surface area contributed by atoms with Crippen LogP contribution in [-0.4, -0.2) is 22.5 Å². The van der Waals surface area contributed by atoms with Crippen LogP contribution in [-0.2, 0) is 0 Å². The molecule has 3 nitrogen and oxygen atoms in total. The first kappa shape index (κ1) is 13.8. The van der Waals surface area contributed by atoms with Gasteiger partial charge >= 0.3 is 0 Å². The highest BCUT2D eigenvalue weighted by Gasteiger charge is 2.57. The van der Waals surface area contributed by atoms with Gasteiger partial charge < -0.3 is 15.5 Å². The van der Waals surface area contributed by atoms with E-state index in [1.807, 2.05) is 6.08 Å². The van der Waals surface area contributed by atoms with E-state index in [9.17, 15) is 10.2 Å². The number of aliphatic hydroxyl groups excluding tert-OH is 2. The molecule has 3 aliphatic carbocycles. The Morgan fingerprint density at radius 3 is 2.76 bits per heavy atom. The predicted octanol–water partition coefficient (Wildman–Crippen LogP) is 2.56. The average Bonchev–Trinajstić information content (AvgIpc) is 2.76. The molecule has 0 bridgehead atoms. The fraction of sp³-hybridized carbons (Fsp3) is 0.778. The molecule has 0 aromatic heterocycles. The highest BCUT2D eigenvalue weighted by atomic mass is 16.3. The maximum Gasteiger partial charge on any atom is 0.143 e. The third-order valence-electron chi connectivity index (χ3n) is 7.26. The highest BCUT2D eigenvalue weighted by molar-refractivity contribution is 5.31. The van der Waals surface area contributed by atoms with Crippen molar-refractivity contribution in [3.05, 3.63) is 23.9 Å². The monoisotopic (exact) mass is 289 g/mol. The van der Waals surface area contributed by atoms with Crippen LogP contribution < -0.4 is 5.32 Å². The van der Waals surface area contributed by atoms with Crippen molar-refractivity contribution < 1.29 is 10.2 Å². The van der Waals surface area contributed by atoms with Crippen molar-refractivity contribution in [3.63, 3.8) is 0 Å². The SMILES string of the molecule is C[C@]12CC[C@H]3[C@@H](CC=C4N[C@@H](O)C=C[C@@]43C)[C@@H]1CC[C@@H]2O. The topological polar surface area (TPSA) is 52.5 Å². The van der Waals surface area contributed by atoms with Crippen LogP contribution in [0.3, 0.4) is 0 Å². The van der Waals surface area contributed by atoms with E-state index in [0.717, 1.165) is 19.3 Å². The van der Waals surface area contributed by atoms with Gasteiger partial charge in [0.15, 0.2) is 0 Å². The summed E-state index contributed by atoms with van der Waals surface area (Å²) in [6.45, 7) is 4.63. The Labute approximate surface area is 127 Å². The van der Waals surface area contributed by atoms with Gasteiger partial charge in [-0.1, -0.05) is 26.0 Å². The zero-order valence-electron chi connectivity index (χ0n) is 13.0. The molecule has 2 fully saturated rings. The zero-order chi connectivity index (χ0) is 14.8. The van der Waals surface area contributed by atoms with Gasteiger partial charge in [-0.05, 0) is 61.3 Å². The summed E-state index contributed by atoms with van der Waals surface area (Å²) in [6.07, 6.45) is 11.4. The quantitative estimate of drug-likeness (QED) is 0.601. The van der Waals surface area contributed by atoms with Crippen molar-refractivity contribution in [1.82, 2.24) is 5.32 Å². The van der Waals surface area contributed by atoms with Gasteiger partial charge in [0.2, 0.25) is 0 Å². The van der Waals surface area contributed by atoms with Crippen molar-refractivity contribution in [2.75, 3.05) is 0 Å². The lowest BCUT2D eigenvalue weighted by Crippen LogP contribution is -2.52. The van der Waals surface area contributed by atoms with Crippen LogP contribution in [0.15, 0.2) is 23.9 Å². The Kier molecular flexibility index (Phi) is 2.87. The number of hydrogen-bond acceptors (Lipinski definition) is 3. The molecule has 0 unspecified atom stereocenters. The maximum atomic E-state index is 10.4. The van der Waals surface area contributed by atoms with Crippen molar-refractivity contribution in [3.8, 4) is 0 Å². The summed E-state index contributed by atoms with van der Waals surface area (Å²) in [7, 11) is 0. The molecule has 4 rings (SSSR count). The van der Waals surface area contributed by atoms with Crippen LogP contribution >= 0.6 is 0 Å². The summed E-state index contributed by atoms with van der Waals surface area (Å²) >= 11 is 0. The van der Waals surface area contributed by atoms with E-state index in [-0.39, 0.29) is 16.9 Å². The molecule has 0 spiro atoms. The second kappa shape index (κ2) is 4.36. The molecule has 3 N–H and O–H groups in total. The van der Waals surface area contributed by atoms with Crippen LogP contribution in [0.25, 0.3) is 0 Å². The number of rotatable bonds is 0. The number of aliphatic hydroxyl groups is 2. The minimum absolute atomic E-state index is 0.0387. The number of hydrogen-bond donors (Lipinski definition) is 3. The molecular weight excluding hydrogens is 262 g/mol. The molecule has 1 heterocycles. The van der Waals surface area contributed by atoms with Crippen LogP contribution in [0, 0.1) is 28.6 Å². The smallest absolute Gasteiger partial charge is 0.143 e. The second-order valence-corrected chi connectivity index (χ2v) is 8.10. The lowest BCUT2D eigenvalue weighted by molar-refractivity contribution is -0.0563. The number of allylic oxidation sites excluding steroid dienone is 2.